The summed E-state index contributed by atoms with van der Waals surface area (Å²) >= 11 is 0. The predicted octanol–water partition coefficient (Wildman–Crippen LogP) is 2.40. The summed E-state index contributed by atoms with van der Waals surface area (Å²) in [6, 6.07) is 7.32. The molecular formula is C18H27N3O3. The van der Waals surface area contributed by atoms with Gasteiger partial charge in [0.2, 0.25) is 5.91 Å². The van der Waals surface area contributed by atoms with Gasteiger partial charge in [-0.25, -0.2) is 4.79 Å². The van der Waals surface area contributed by atoms with E-state index < -0.39 is 0 Å². The van der Waals surface area contributed by atoms with Crippen molar-refractivity contribution >= 4 is 17.6 Å². The molecule has 1 saturated heterocycles. The maximum Gasteiger partial charge on any atom is 0.321 e. The van der Waals surface area contributed by atoms with E-state index in [0.29, 0.717) is 18.7 Å². The van der Waals surface area contributed by atoms with E-state index in [1.54, 1.807) is 11.9 Å². The molecule has 1 aliphatic rings. The number of amides is 3. The monoisotopic (exact) mass is 333 g/mol. The van der Waals surface area contributed by atoms with Gasteiger partial charge < -0.3 is 20.3 Å². The van der Waals surface area contributed by atoms with Crippen molar-refractivity contribution in [2.75, 3.05) is 25.5 Å². The van der Waals surface area contributed by atoms with Gasteiger partial charge in [0.05, 0.1) is 12.5 Å². The van der Waals surface area contributed by atoms with E-state index in [-0.39, 0.29) is 24.1 Å². The van der Waals surface area contributed by atoms with Crippen molar-refractivity contribution in [2.24, 2.45) is 0 Å². The van der Waals surface area contributed by atoms with Crippen LogP contribution in [0.25, 0.3) is 0 Å². The third kappa shape index (κ3) is 5.85. The van der Waals surface area contributed by atoms with Crippen molar-refractivity contribution < 1.29 is 14.3 Å². The zero-order valence-electron chi connectivity index (χ0n) is 14.7. The Morgan fingerprint density at radius 2 is 2.00 bits per heavy atom. The molecule has 1 aromatic rings. The lowest BCUT2D eigenvalue weighted by atomic mass is 10.1. The fraction of sp³-hybridized carbons (Fsp3) is 0.556. The molecular weight excluding hydrogens is 306 g/mol. The van der Waals surface area contributed by atoms with Crippen LogP contribution in [0.15, 0.2) is 24.3 Å². The number of nitrogens with one attached hydrogen (secondary N) is 2. The normalized spacial score (nSPS) is 16.9. The minimum atomic E-state index is -0.157. The molecule has 2 N–H and O–H groups in total. The van der Waals surface area contributed by atoms with E-state index >= 15 is 0 Å². The maximum absolute atomic E-state index is 12.2. The van der Waals surface area contributed by atoms with Crippen LogP contribution < -0.4 is 10.6 Å². The first-order chi connectivity index (χ1) is 11.4. The first-order valence-electron chi connectivity index (χ1n) is 8.46. The summed E-state index contributed by atoms with van der Waals surface area (Å²) in [4.78, 5) is 25.6. The summed E-state index contributed by atoms with van der Waals surface area (Å²) < 4.78 is 5.54. The average molecular weight is 333 g/mol. The molecule has 3 amide bonds. The summed E-state index contributed by atoms with van der Waals surface area (Å²) in [5, 5.41) is 5.72. The number of benzene rings is 1. The van der Waals surface area contributed by atoms with Crippen LogP contribution in [0, 0.1) is 0 Å². The van der Waals surface area contributed by atoms with Crippen molar-refractivity contribution in [1.82, 2.24) is 10.2 Å². The first kappa shape index (κ1) is 18.3. The average Bonchev–Trinajstić information content (AvgIpc) is 3.01. The Labute approximate surface area is 143 Å². The molecule has 1 atom stereocenters. The van der Waals surface area contributed by atoms with Gasteiger partial charge in [-0.2, -0.15) is 0 Å². The highest BCUT2D eigenvalue weighted by Crippen LogP contribution is 2.14. The second kappa shape index (κ2) is 8.68. The number of carbonyl (C=O) groups is 2. The molecule has 6 nitrogen and oxygen atoms in total. The third-order valence-electron chi connectivity index (χ3n) is 3.87. The number of carbonyl (C=O) groups excluding carboxylic acids is 2. The van der Waals surface area contributed by atoms with E-state index in [1.165, 1.54) is 0 Å². The molecule has 132 valence electrons. The summed E-state index contributed by atoms with van der Waals surface area (Å²) in [5.74, 6) is -0.00178. The van der Waals surface area contributed by atoms with Crippen LogP contribution in [-0.4, -0.2) is 49.2 Å². The molecule has 2 rings (SSSR count). The standard InChI is InChI=1S/C18H27N3O3/c1-13(2)19-17(22)11-14-6-8-15(9-7-14)20-18(23)21(3)12-16-5-4-10-24-16/h6-9,13,16H,4-5,10-12H2,1-3H3,(H,19,22)(H,20,23). The van der Waals surface area contributed by atoms with Gasteiger partial charge in [0, 0.05) is 31.9 Å². The Kier molecular flexibility index (Phi) is 6.61. The molecule has 0 radical (unpaired) electrons. The Morgan fingerprint density at radius 3 is 2.58 bits per heavy atom. The zero-order valence-corrected chi connectivity index (χ0v) is 14.7. The minimum Gasteiger partial charge on any atom is -0.376 e. The number of likely N-dealkylation sites (N-methyl/N-ethyl adjacent to an activating group) is 1. The van der Waals surface area contributed by atoms with Gasteiger partial charge in [0.1, 0.15) is 0 Å². The largest absolute Gasteiger partial charge is 0.376 e. The second-order valence-corrected chi connectivity index (χ2v) is 6.54. The van der Waals surface area contributed by atoms with Crippen molar-refractivity contribution in [3.8, 4) is 0 Å². The number of hydrogen-bond donors (Lipinski definition) is 2. The number of hydrogen-bond acceptors (Lipinski definition) is 3. The third-order valence-corrected chi connectivity index (χ3v) is 3.87. The number of nitrogens with zero attached hydrogens (tertiary/aromatic N) is 1. The Morgan fingerprint density at radius 1 is 1.29 bits per heavy atom. The lowest BCUT2D eigenvalue weighted by molar-refractivity contribution is -0.120. The van der Waals surface area contributed by atoms with E-state index in [1.807, 2.05) is 38.1 Å². The molecule has 1 fully saturated rings. The molecule has 1 heterocycles. The minimum absolute atomic E-state index is 0.00178. The second-order valence-electron chi connectivity index (χ2n) is 6.54. The van der Waals surface area contributed by atoms with E-state index in [9.17, 15) is 9.59 Å². The Balaban J connectivity index is 1.81. The molecule has 1 aromatic carbocycles. The van der Waals surface area contributed by atoms with E-state index in [0.717, 1.165) is 25.0 Å². The van der Waals surface area contributed by atoms with Gasteiger partial charge in [0.25, 0.3) is 0 Å². The Hall–Kier alpha value is -2.08. The number of ether oxygens (including phenoxy) is 1. The van der Waals surface area contributed by atoms with Gasteiger partial charge in [0.15, 0.2) is 0 Å². The predicted molar refractivity (Wildman–Crippen MR) is 94.0 cm³/mol. The highest BCUT2D eigenvalue weighted by Gasteiger charge is 2.20. The van der Waals surface area contributed by atoms with Gasteiger partial charge >= 0.3 is 6.03 Å². The summed E-state index contributed by atoms with van der Waals surface area (Å²) in [6.45, 7) is 5.25. The molecule has 0 aliphatic carbocycles. The van der Waals surface area contributed by atoms with Crippen molar-refractivity contribution in [2.45, 2.75) is 45.3 Å². The molecule has 0 spiro atoms. The lowest BCUT2D eigenvalue weighted by Crippen LogP contribution is -2.37. The molecule has 0 bridgehead atoms. The van der Waals surface area contributed by atoms with Crippen molar-refractivity contribution in [3.05, 3.63) is 29.8 Å². The SMILES string of the molecule is CC(C)NC(=O)Cc1ccc(NC(=O)N(C)CC2CCCO2)cc1. The molecule has 24 heavy (non-hydrogen) atoms. The summed E-state index contributed by atoms with van der Waals surface area (Å²) in [5.41, 5.74) is 1.63. The maximum atomic E-state index is 12.2. The molecule has 0 aromatic heterocycles. The number of anilines is 1. The quantitative estimate of drug-likeness (QED) is 0.840. The molecule has 1 aliphatic heterocycles. The number of rotatable bonds is 6. The van der Waals surface area contributed by atoms with Crippen LogP contribution in [-0.2, 0) is 16.0 Å². The highest BCUT2D eigenvalue weighted by molar-refractivity contribution is 5.89. The van der Waals surface area contributed by atoms with Gasteiger partial charge in [-0.15, -0.1) is 0 Å². The van der Waals surface area contributed by atoms with Crippen LogP contribution in [0.1, 0.15) is 32.3 Å². The fourth-order valence-corrected chi connectivity index (χ4v) is 2.66. The topological polar surface area (TPSA) is 70.7 Å². The first-order valence-corrected chi connectivity index (χ1v) is 8.46. The lowest BCUT2D eigenvalue weighted by Gasteiger charge is -2.21. The molecule has 6 heteroatoms. The summed E-state index contributed by atoms with van der Waals surface area (Å²) in [7, 11) is 1.77. The molecule has 0 saturated carbocycles. The van der Waals surface area contributed by atoms with Gasteiger partial charge in [-0.05, 0) is 44.4 Å². The van der Waals surface area contributed by atoms with Crippen LogP contribution in [0.3, 0.4) is 0 Å². The Bertz CT molecular complexity index is 551. The van der Waals surface area contributed by atoms with Crippen molar-refractivity contribution in [3.63, 3.8) is 0 Å². The van der Waals surface area contributed by atoms with Crippen LogP contribution in [0.4, 0.5) is 10.5 Å². The fourth-order valence-electron chi connectivity index (χ4n) is 2.66. The smallest absolute Gasteiger partial charge is 0.321 e. The van der Waals surface area contributed by atoms with Crippen molar-refractivity contribution in [1.29, 1.82) is 0 Å². The van der Waals surface area contributed by atoms with Crippen LogP contribution in [0.5, 0.6) is 0 Å². The number of urea groups is 1. The zero-order chi connectivity index (χ0) is 17.5. The summed E-state index contributed by atoms with van der Waals surface area (Å²) in [6.07, 6.45) is 2.55. The highest BCUT2D eigenvalue weighted by atomic mass is 16.5. The van der Waals surface area contributed by atoms with E-state index in [2.05, 4.69) is 10.6 Å². The van der Waals surface area contributed by atoms with Crippen LogP contribution >= 0.6 is 0 Å². The van der Waals surface area contributed by atoms with E-state index in [4.69, 9.17) is 4.74 Å². The van der Waals surface area contributed by atoms with Crippen LogP contribution in [0.2, 0.25) is 0 Å². The molecule has 1 unspecified atom stereocenters. The van der Waals surface area contributed by atoms with Gasteiger partial charge in [-0.3, -0.25) is 4.79 Å². The van der Waals surface area contributed by atoms with Gasteiger partial charge in [-0.1, -0.05) is 12.1 Å².